The van der Waals surface area contributed by atoms with Gasteiger partial charge >= 0.3 is 5.97 Å². The average Bonchev–Trinajstić information content (AvgIpc) is 2.66. The molecule has 0 spiro atoms. The second-order valence-corrected chi connectivity index (χ2v) is 5.43. The van der Waals surface area contributed by atoms with E-state index in [1.807, 2.05) is 0 Å². The maximum absolute atomic E-state index is 13.4. The van der Waals surface area contributed by atoms with Crippen LogP contribution in [0.1, 0.15) is 28.4 Å². The lowest BCUT2D eigenvalue weighted by molar-refractivity contribution is -0.141. The molecule has 0 aliphatic carbocycles. The lowest BCUT2D eigenvalue weighted by Gasteiger charge is -2.20. The number of esters is 1. The lowest BCUT2D eigenvalue weighted by atomic mass is 10.0. The molecule has 6 nitrogen and oxygen atoms in total. The van der Waals surface area contributed by atoms with Crippen molar-refractivity contribution >= 4 is 11.9 Å². The minimum absolute atomic E-state index is 0.0902. The van der Waals surface area contributed by atoms with Crippen LogP contribution in [-0.4, -0.2) is 33.2 Å². The normalized spacial score (nSPS) is 11.4. The SMILES string of the molecule is COC(=O)C[C@H](NC(=O)c1cccc(F)c1)c1ccc(OC)c(OC)c1. The Bertz CT molecular complexity index is 793. The van der Waals surface area contributed by atoms with Crippen molar-refractivity contribution < 1.29 is 28.2 Å². The zero-order chi connectivity index (χ0) is 19.1. The van der Waals surface area contributed by atoms with Crippen molar-refractivity contribution in [2.75, 3.05) is 21.3 Å². The molecule has 0 bridgehead atoms. The summed E-state index contributed by atoms with van der Waals surface area (Å²) < 4.78 is 28.5. The highest BCUT2D eigenvalue weighted by molar-refractivity contribution is 5.94. The van der Waals surface area contributed by atoms with E-state index in [0.717, 1.165) is 6.07 Å². The van der Waals surface area contributed by atoms with Crippen LogP contribution in [0.2, 0.25) is 0 Å². The fourth-order valence-electron chi connectivity index (χ4n) is 2.44. The van der Waals surface area contributed by atoms with Crippen LogP contribution in [0.3, 0.4) is 0 Å². The number of benzene rings is 2. The van der Waals surface area contributed by atoms with Crippen LogP contribution in [0, 0.1) is 5.82 Å². The average molecular weight is 361 g/mol. The molecule has 2 aromatic carbocycles. The Balaban J connectivity index is 2.31. The summed E-state index contributed by atoms with van der Waals surface area (Å²) in [6.07, 6.45) is -0.0902. The van der Waals surface area contributed by atoms with E-state index in [-0.39, 0.29) is 12.0 Å². The molecular formula is C19H20FNO5. The van der Waals surface area contributed by atoms with Crippen molar-refractivity contribution in [3.05, 3.63) is 59.4 Å². The highest BCUT2D eigenvalue weighted by Crippen LogP contribution is 2.31. The van der Waals surface area contributed by atoms with Gasteiger partial charge in [0.15, 0.2) is 11.5 Å². The van der Waals surface area contributed by atoms with Crippen LogP contribution >= 0.6 is 0 Å². The molecule has 0 fully saturated rings. The number of hydrogen-bond acceptors (Lipinski definition) is 5. The largest absolute Gasteiger partial charge is 0.493 e. The molecule has 1 amide bonds. The van der Waals surface area contributed by atoms with Gasteiger partial charge in [-0.3, -0.25) is 9.59 Å². The van der Waals surface area contributed by atoms with Gasteiger partial charge in [0, 0.05) is 5.56 Å². The van der Waals surface area contributed by atoms with Crippen molar-refractivity contribution in [3.8, 4) is 11.5 Å². The number of amides is 1. The third-order valence-corrected chi connectivity index (χ3v) is 3.80. The molecule has 0 heterocycles. The molecule has 0 aromatic heterocycles. The summed E-state index contributed by atoms with van der Waals surface area (Å²) in [6.45, 7) is 0. The molecule has 0 saturated carbocycles. The van der Waals surface area contributed by atoms with Gasteiger partial charge in [0.05, 0.1) is 33.8 Å². The van der Waals surface area contributed by atoms with Crippen molar-refractivity contribution in [1.82, 2.24) is 5.32 Å². The number of ether oxygens (including phenoxy) is 3. The van der Waals surface area contributed by atoms with Crippen LogP contribution in [0.25, 0.3) is 0 Å². The van der Waals surface area contributed by atoms with E-state index in [9.17, 15) is 14.0 Å². The topological polar surface area (TPSA) is 73.9 Å². The summed E-state index contributed by atoms with van der Waals surface area (Å²) >= 11 is 0. The monoisotopic (exact) mass is 361 g/mol. The fourth-order valence-corrected chi connectivity index (χ4v) is 2.44. The predicted molar refractivity (Wildman–Crippen MR) is 92.8 cm³/mol. The summed E-state index contributed by atoms with van der Waals surface area (Å²) in [4.78, 5) is 24.2. The first-order valence-corrected chi connectivity index (χ1v) is 7.83. The predicted octanol–water partition coefficient (Wildman–Crippen LogP) is 2.88. The van der Waals surface area contributed by atoms with Gasteiger partial charge in [0.1, 0.15) is 5.82 Å². The Kier molecular flexibility index (Phi) is 6.54. The fraction of sp³-hybridized carbons (Fsp3) is 0.263. The quantitative estimate of drug-likeness (QED) is 0.768. The van der Waals surface area contributed by atoms with Crippen LogP contribution in [0.15, 0.2) is 42.5 Å². The molecule has 0 unspecified atom stereocenters. The second kappa shape index (κ2) is 8.84. The summed E-state index contributed by atoms with van der Waals surface area (Å²) in [5.41, 5.74) is 0.776. The molecule has 1 N–H and O–H groups in total. The molecule has 2 rings (SSSR count). The molecule has 0 aliphatic heterocycles. The van der Waals surface area contributed by atoms with Crippen molar-refractivity contribution in [2.45, 2.75) is 12.5 Å². The second-order valence-electron chi connectivity index (χ2n) is 5.43. The van der Waals surface area contributed by atoms with Gasteiger partial charge in [-0.15, -0.1) is 0 Å². The molecule has 0 radical (unpaired) electrons. The smallest absolute Gasteiger partial charge is 0.307 e. The number of rotatable bonds is 7. The van der Waals surface area contributed by atoms with Crippen molar-refractivity contribution in [3.63, 3.8) is 0 Å². The third-order valence-electron chi connectivity index (χ3n) is 3.80. The van der Waals surface area contributed by atoms with Crippen LogP contribution in [0.4, 0.5) is 4.39 Å². The van der Waals surface area contributed by atoms with Crippen molar-refractivity contribution in [1.29, 1.82) is 0 Å². The van der Waals surface area contributed by atoms with Gasteiger partial charge in [-0.1, -0.05) is 12.1 Å². The highest BCUT2D eigenvalue weighted by atomic mass is 19.1. The molecule has 26 heavy (non-hydrogen) atoms. The van der Waals surface area contributed by atoms with Gasteiger partial charge in [-0.25, -0.2) is 4.39 Å². The van der Waals surface area contributed by atoms with E-state index in [0.29, 0.717) is 17.1 Å². The minimum atomic E-state index is -0.682. The molecular weight excluding hydrogens is 341 g/mol. The molecule has 7 heteroatoms. The minimum Gasteiger partial charge on any atom is -0.493 e. The highest BCUT2D eigenvalue weighted by Gasteiger charge is 2.21. The van der Waals surface area contributed by atoms with Gasteiger partial charge in [0.2, 0.25) is 0 Å². The lowest BCUT2D eigenvalue weighted by Crippen LogP contribution is -2.30. The Morgan fingerprint density at radius 1 is 1.04 bits per heavy atom. The molecule has 1 atom stereocenters. The number of methoxy groups -OCH3 is 3. The first kappa shape index (κ1) is 19.2. The van der Waals surface area contributed by atoms with E-state index in [4.69, 9.17) is 14.2 Å². The Morgan fingerprint density at radius 3 is 2.38 bits per heavy atom. The van der Waals surface area contributed by atoms with Crippen LogP contribution in [0.5, 0.6) is 11.5 Å². The zero-order valence-corrected chi connectivity index (χ0v) is 14.7. The Morgan fingerprint density at radius 2 is 1.77 bits per heavy atom. The first-order valence-electron chi connectivity index (χ1n) is 7.83. The Labute approximate surface area is 150 Å². The van der Waals surface area contributed by atoms with Crippen LogP contribution in [-0.2, 0) is 9.53 Å². The number of carbonyl (C=O) groups excluding carboxylic acids is 2. The van der Waals surface area contributed by atoms with E-state index in [1.165, 1.54) is 39.5 Å². The number of carbonyl (C=O) groups is 2. The maximum Gasteiger partial charge on any atom is 0.307 e. The molecule has 138 valence electrons. The number of halogens is 1. The first-order chi connectivity index (χ1) is 12.5. The molecule has 0 saturated heterocycles. The summed E-state index contributed by atoms with van der Waals surface area (Å²) in [7, 11) is 4.26. The Hall–Kier alpha value is -3.09. The van der Waals surface area contributed by atoms with Crippen LogP contribution < -0.4 is 14.8 Å². The van der Waals surface area contributed by atoms with Gasteiger partial charge < -0.3 is 19.5 Å². The molecule has 0 aliphatic rings. The standard InChI is InChI=1S/C19H20FNO5/c1-24-16-8-7-12(10-17(16)25-2)15(11-18(22)26-3)21-19(23)13-5-4-6-14(20)9-13/h4-10,15H,11H2,1-3H3,(H,21,23)/t15-/m0/s1. The van der Waals surface area contributed by atoms with Gasteiger partial charge in [-0.2, -0.15) is 0 Å². The van der Waals surface area contributed by atoms with Crippen molar-refractivity contribution in [2.24, 2.45) is 0 Å². The third kappa shape index (κ3) is 4.72. The van der Waals surface area contributed by atoms with Gasteiger partial charge in [-0.05, 0) is 35.9 Å². The van der Waals surface area contributed by atoms with E-state index in [2.05, 4.69) is 5.32 Å². The molecule has 2 aromatic rings. The van der Waals surface area contributed by atoms with E-state index >= 15 is 0 Å². The number of nitrogens with one attached hydrogen (secondary N) is 1. The van der Waals surface area contributed by atoms with Gasteiger partial charge in [0.25, 0.3) is 5.91 Å². The summed E-state index contributed by atoms with van der Waals surface area (Å²) in [5.74, 6) is -0.546. The zero-order valence-electron chi connectivity index (χ0n) is 14.7. The number of hydrogen-bond donors (Lipinski definition) is 1. The maximum atomic E-state index is 13.4. The van der Waals surface area contributed by atoms with E-state index in [1.54, 1.807) is 18.2 Å². The summed E-state index contributed by atoms with van der Waals surface area (Å²) in [5, 5.41) is 2.73. The van der Waals surface area contributed by atoms with E-state index < -0.39 is 23.7 Å². The summed E-state index contributed by atoms with van der Waals surface area (Å²) in [6, 6.07) is 9.67.